The number of aromatic nitrogens is 1. The van der Waals surface area contributed by atoms with Crippen molar-refractivity contribution in [2.75, 3.05) is 19.0 Å². The van der Waals surface area contributed by atoms with Gasteiger partial charge in [-0.15, -0.1) is 0 Å². The molecule has 0 saturated heterocycles. The summed E-state index contributed by atoms with van der Waals surface area (Å²) in [6, 6.07) is 12.1. The first-order valence-electron chi connectivity index (χ1n) is 8.44. The van der Waals surface area contributed by atoms with Crippen molar-refractivity contribution in [2.24, 2.45) is 0 Å². The maximum Gasteiger partial charge on any atom is 0.321 e. The van der Waals surface area contributed by atoms with Gasteiger partial charge in [0.15, 0.2) is 0 Å². The number of carbonyl (C=O) groups is 1. The van der Waals surface area contributed by atoms with Gasteiger partial charge in [-0.3, -0.25) is 4.79 Å². The van der Waals surface area contributed by atoms with Crippen molar-refractivity contribution < 1.29 is 9.90 Å². The van der Waals surface area contributed by atoms with Gasteiger partial charge in [-0.25, -0.2) is 4.79 Å². The number of aliphatic hydroxyl groups excluding tert-OH is 1. The normalized spacial score (nSPS) is 11.8. The van der Waals surface area contributed by atoms with Crippen LogP contribution in [0.2, 0.25) is 0 Å². The van der Waals surface area contributed by atoms with Gasteiger partial charge in [0.2, 0.25) is 0 Å². The highest BCUT2D eigenvalue weighted by atomic mass is 16.3. The van der Waals surface area contributed by atoms with E-state index in [4.69, 9.17) is 0 Å². The second-order valence-corrected chi connectivity index (χ2v) is 6.02. The van der Waals surface area contributed by atoms with E-state index in [1.807, 2.05) is 37.3 Å². The van der Waals surface area contributed by atoms with Crippen LogP contribution in [-0.4, -0.2) is 40.3 Å². The van der Waals surface area contributed by atoms with Crippen molar-refractivity contribution in [1.29, 1.82) is 0 Å². The SMILES string of the molecule is CCCn1cc(NC(=O)N(C)C(CO)Cc2ccccc2)ccc1=O. The number of nitrogens with zero attached hydrogens (tertiary/aromatic N) is 2. The standard InChI is InChI=1S/C19H25N3O3/c1-3-11-22-13-16(9-10-18(22)24)20-19(25)21(2)17(14-23)12-15-7-5-4-6-8-15/h4-10,13,17,23H,3,11-12,14H2,1-2H3,(H,20,25). The monoisotopic (exact) mass is 343 g/mol. The fourth-order valence-corrected chi connectivity index (χ4v) is 2.61. The van der Waals surface area contributed by atoms with Crippen LogP contribution in [0.3, 0.4) is 0 Å². The van der Waals surface area contributed by atoms with Crippen LogP contribution < -0.4 is 10.9 Å². The summed E-state index contributed by atoms with van der Waals surface area (Å²) in [5.41, 5.74) is 1.52. The number of hydrogen-bond donors (Lipinski definition) is 2. The molecule has 134 valence electrons. The zero-order chi connectivity index (χ0) is 18.2. The quantitative estimate of drug-likeness (QED) is 0.810. The molecule has 0 aliphatic rings. The van der Waals surface area contributed by atoms with Gasteiger partial charge in [-0.1, -0.05) is 37.3 Å². The van der Waals surface area contributed by atoms with Crippen LogP contribution in [-0.2, 0) is 13.0 Å². The summed E-state index contributed by atoms with van der Waals surface area (Å²) in [5.74, 6) is 0. The second kappa shape index (κ2) is 9.03. The zero-order valence-electron chi connectivity index (χ0n) is 14.7. The van der Waals surface area contributed by atoms with Gasteiger partial charge >= 0.3 is 6.03 Å². The van der Waals surface area contributed by atoms with Crippen molar-refractivity contribution in [2.45, 2.75) is 32.4 Å². The third-order valence-electron chi connectivity index (χ3n) is 4.09. The molecule has 2 amide bonds. The number of hydrogen-bond acceptors (Lipinski definition) is 3. The molecule has 1 aromatic heterocycles. The number of likely N-dealkylation sites (N-methyl/N-ethyl adjacent to an activating group) is 1. The van der Waals surface area contributed by atoms with E-state index in [0.29, 0.717) is 18.7 Å². The molecular weight excluding hydrogens is 318 g/mol. The number of carbonyl (C=O) groups excluding carboxylic acids is 1. The Hall–Kier alpha value is -2.60. The smallest absolute Gasteiger partial charge is 0.321 e. The number of aryl methyl sites for hydroxylation is 1. The first-order valence-corrected chi connectivity index (χ1v) is 8.44. The van der Waals surface area contributed by atoms with Crippen molar-refractivity contribution in [3.63, 3.8) is 0 Å². The largest absolute Gasteiger partial charge is 0.394 e. The highest BCUT2D eigenvalue weighted by molar-refractivity contribution is 5.89. The minimum Gasteiger partial charge on any atom is -0.394 e. The Balaban J connectivity index is 2.05. The Bertz CT molecular complexity index is 743. The van der Waals surface area contributed by atoms with E-state index in [9.17, 15) is 14.7 Å². The first kappa shape index (κ1) is 18.7. The molecule has 0 aliphatic heterocycles. The average molecular weight is 343 g/mol. The van der Waals surface area contributed by atoms with Gasteiger partial charge in [0.25, 0.3) is 5.56 Å². The Kier molecular flexibility index (Phi) is 6.77. The van der Waals surface area contributed by atoms with Crippen molar-refractivity contribution >= 4 is 11.7 Å². The highest BCUT2D eigenvalue weighted by Crippen LogP contribution is 2.11. The molecule has 1 aromatic carbocycles. The minimum absolute atomic E-state index is 0.0921. The maximum absolute atomic E-state index is 12.5. The van der Waals surface area contributed by atoms with Crippen LogP contribution in [0.15, 0.2) is 53.5 Å². The lowest BCUT2D eigenvalue weighted by Crippen LogP contribution is -2.43. The Morgan fingerprint density at radius 2 is 1.96 bits per heavy atom. The molecule has 0 radical (unpaired) electrons. The van der Waals surface area contributed by atoms with E-state index < -0.39 is 0 Å². The predicted octanol–water partition coefficient (Wildman–Crippen LogP) is 2.33. The topological polar surface area (TPSA) is 74.6 Å². The molecule has 1 heterocycles. The van der Waals surface area contributed by atoms with E-state index in [2.05, 4.69) is 5.32 Å². The number of urea groups is 1. The van der Waals surface area contributed by atoms with E-state index in [0.717, 1.165) is 12.0 Å². The lowest BCUT2D eigenvalue weighted by molar-refractivity contribution is 0.157. The Morgan fingerprint density at radius 1 is 1.24 bits per heavy atom. The van der Waals surface area contributed by atoms with E-state index in [-0.39, 0.29) is 24.2 Å². The summed E-state index contributed by atoms with van der Waals surface area (Å²) in [4.78, 5) is 25.7. The van der Waals surface area contributed by atoms with Gasteiger partial charge < -0.3 is 19.9 Å². The number of aliphatic hydroxyl groups is 1. The summed E-state index contributed by atoms with van der Waals surface area (Å²) in [5, 5.41) is 12.4. The maximum atomic E-state index is 12.5. The fraction of sp³-hybridized carbons (Fsp3) is 0.368. The number of benzene rings is 1. The molecule has 0 fully saturated rings. The molecule has 25 heavy (non-hydrogen) atoms. The highest BCUT2D eigenvalue weighted by Gasteiger charge is 2.20. The third-order valence-corrected chi connectivity index (χ3v) is 4.09. The lowest BCUT2D eigenvalue weighted by atomic mass is 10.1. The molecule has 2 aromatic rings. The van der Waals surface area contributed by atoms with E-state index in [1.165, 1.54) is 11.0 Å². The van der Waals surface area contributed by atoms with Gasteiger partial charge in [-0.2, -0.15) is 0 Å². The van der Waals surface area contributed by atoms with Crippen LogP contribution in [0.1, 0.15) is 18.9 Å². The molecule has 0 bridgehead atoms. The first-order chi connectivity index (χ1) is 12.0. The van der Waals surface area contributed by atoms with Crippen molar-refractivity contribution in [3.05, 3.63) is 64.6 Å². The average Bonchev–Trinajstić information content (AvgIpc) is 2.63. The predicted molar refractivity (Wildman–Crippen MR) is 98.8 cm³/mol. The molecule has 0 spiro atoms. The minimum atomic E-state index is -0.330. The van der Waals surface area contributed by atoms with Crippen LogP contribution in [0, 0.1) is 0 Å². The summed E-state index contributed by atoms with van der Waals surface area (Å²) in [6.45, 7) is 2.46. The van der Waals surface area contributed by atoms with Crippen molar-refractivity contribution in [1.82, 2.24) is 9.47 Å². The molecule has 2 rings (SSSR count). The van der Waals surface area contributed by atoms with Gasteiger partial charge in [0.05, 0.1) is 18.3 Å². The molecule has 1 atom stereocenters. The molecule has 2 N–H and O–H groups in total. The summed E-state index contributed by atoms with van der Waals surface area (Å²) < 4.78 is 1.57. The number of nitrogens with one attached hydrogen (secondary N) is 1. The lowest BCUT2D eigenvalue weighted by Gasteiger charge is -2.27. The molecule has 6 nitrogen and oxygen atoms in total. The van der Waals surface area contributed by atoms with Crippen molar-refractivity contribution in [3.8, 4) is 0 Å². The van der Waals surface area contributed by atoms with Crippen LogP contribution in [0.25, 0.3) is 0 Å². The van der Waals surface area contributed by atoms with E-state index in [1.54, 1.807) is 23.9 Å². The fourth-order valence-electron chi connectivity index (χ4n) is 2.61. The Labute approximate surface area is 147 Å². The van der Waals surface area contributed by atoms with Gasteiger partial charge in [-0.05, 0) is 24.5 Å². The molecule has 0 saturated carbocycles. The van der Waals surface area contributed by atoms with Gasteiger partial charge in [0.1, 0.15) is 0 Å². The number of anilines is 1. The van der Waals surface area contributed by atoms with E-state index >= 15 is 0 Å². The third kappa shape index (κ3) is 5.19. The Morgan fingerprint density at radius 3 is 2.60 bits per heavy atom. The molecule has 1 unspecified atom stereocenters. The summed E-state index contributed by atoms with van der Waals surface area (Å²) >= 11 is 0. The second-order valence-electron chi connectivity index (χ2n) is 6.02. The molecule has 0 aliphatic carbocycles. The number of rotatable bonds is 7. The van der Waals surface area contributed by atoms with Crippen LogP contribution in [0.4, 0.5) is 10.5 Å². The molecule has 6 heteroatoms. The summed E-state index contributed by atoms with van der Waals surface area (Å²) in [6.07, 6.45) is 3.04. The zero-order valence-corrected chi connectivity index (χ0v) is 14.7. The van der Waals surface area contributed by atoms with Crippen LogP contribution >= 0.6 is 0 Å². The molecular formula is C19H25N3O3. The summed E-state index contributed by atoms with van der Waals surface area (Å²) in [7, 11) is 1.65. The van der Waals surface area contributed by atoms with Crippen LogP contribution in [0.5, 0.6) is 0 Å². The number of amides is 2. The number of pyridine rings is 1. The van der Waals surface area contributed by atoms with Gasteiger partial charge in [0, 0.05) is 25.9 Å².